The summed E-state index contributed by atoms with van der Waals surface area (Å²) in [6, 6.07) is 0. The van der Waals surface area contributed by atoms with Crippen molar-refractivity contribution in [2.75, 3.05) is 18.5 Å². The Morgan fingerprint density at radius 2 is 2.56 bits per heavy atom. The highest BCUT2D eigenvalue weighted by Crippen LogP contribution is 2.02. The summed E-state index contributed by atoms with van der Waals surface area (Å²) in [6.07, 6.45) is 0. The fourth-order valence-electron chi connectivity index (χ4n) is 0.365. The van der Waals surface area contributed by atoms with E-state index in [1.807, 2.05) is 0 Å². The normalized spacial score (nSPS) is 9.44. The van der Waals surface area contributed by atoms with Gasteiger partial charge in [-0.1, -0.05) is 9.59 Å². The summed E-state index contributed by atoms with van der Waals surface area (Å²) in [4.78, 5) is 0. The molecule has 0 radical (unpaired) electrons. The van der Waals surface area contributed by atoms with Crippen LogP contribution in [0.15, 0.2) is 0 Å². The van der Waals surface area contributed by atoms with Crippen LogP contribution in [-0.4, -0.2) is 33.1 Å². The molecule has 1 heterocycles. The van der Waals surface area contributed by atoms with Gasteiger partial charge in [-0.3, -0.25) is 0 Å². The van der Waals surface area contributed by atoms with E-state index >= 15 is 0 Å². The molecule has 0 saturated carbocycles. The predicted molar refractivity (Wildman–Crippen MR) is 33.3 cm³/mol. The zero-order chi connectivity index (χ0) is 6.53. The Hall–Kier alpha value is -0.750. The number of aliphatic hydroxyl groups excluding tert-OH is 1. The van der Waals surface area contributed by atoms with Crippen LogP contribution in [0.25, 0.3) is 0 Å². The fourth-order valence-corrected chi connectivity index (χ4v) is 0.755. The highest BCUT2D eigenvalue weighted by molar-refractivity contribution is 7.09. The Balaban J connectivity index is 2.30. The number of nitrogens with zero attached hydrogens (tertiary/aromatic N) is 3. The number of anilines is 1. The Labute approximate surface area is 55.9 Å². The number of nitrogens with one attached hydrogen (secondary N) is 1. The Bertz CT molecular complexity index is 153. The highest BCUT2D eigenvalue weighted by Gasteiger charge is 1.92. The predicted octanol–water partition coefficient (Wildman–Crippen LogP) is -0.663. The summed E-state index contributed by atoms with van der Waals surface area (Å²) in [7, 11) is 0. The Kier molecular flexibility index (Phi) is 2.34. The van der Waals surface area contributed by atoms with Crippen LogP contribution in [0, 0.1) is 0 Å². The van der Waals surface area contributed by atoms with Crippen molar-refractivity contribution in [2.24, 2.45) is 0 Å². The molecule has 1 aromatic rings. The first-order valence-electron chi connectivity index (χ1n) is 2.43. The van der Waals surface area contributed by atoms with E-state index in [-0.39, 0.29) is 6.61 Å². The average Bonchev–Trinajstić information content (AvgIpc) is 2.34. The fraction of sp³-hybridized carbons (Fsp3) is 0.667. The van der Waals surface area contributed by atoms with Crippen LogP contribution in [0.1, 0.15) is 0 Å². The topological polar surface area (TPSA) is 70.9 Å². The monoisotopic (exact) mass is 146 g/mol. The first-order valence-corrected chi connectivity index (χ1v) is 3.20. The molecule has 1 aromatic heterocycles. The van der Waals surface area contributed by atoms with Crippen molar-refractivity contribution < 1.29 is 5.11 Å². The molecule has 50 valence electrons. The lowest BCUT2D eigenvalue weighted by Gasteiger charge is -1.93. The standard InChI is InChI=1S/C3H6N4OS/c8-2-1-4-3-5-6-7-9-3/h8H,1-2H2,(H,4,5,7). The molecule has 2 N–H and O–H groups in total. The second-order valence-electron chi connectivity index (χ2n) is 1.32. The second-order valence-corrected chi connectivity index (χ2v) is 2.05. The summed E-state index contributed by atoms with van der Waals surface area (Å²) < 4.78 is 3.51. The minimum Gasteiger partial charge on any atom is -0.395 e. The Morgan fingerprint density at radius 1 is 1.67 bits per heavy atom. The molecule has 0 bridgehead atoms. The smallest absolute Gasteiger partial charge is 0.225 e. The summed E-state index contributed by atoms with van der Waals surface area (Å²) in [5.41, 5.74) is 0. The average molecular weight is 146 g/mol. The van der Waals surface area contributed by atoms with Crippen LogP contribution in [0.2, 0.25) is 0 Å². The molecule has 0 atom stereocenters. The quantitative estimate of drug-likeness (QED) is 0.592. The van der Waals surface area contributed by atoms with Crippen LogP contribution >= 0.6 is 11.5 Å². The Morgan fingerprint density at radius 3 is 3.11 bits per heavy atom. The van der Waals surface area contributed by atoms with Gasteiger partial charge in [-0.15, -0.1) is 0 Å². The summed E-state index contributed by atoms with van der Waals surface area (Å²) >= 11 is 1.17. The van der Waals surface area contributed by atoms with Crippen molar-refractivity contribution in [1.29, 1.82) is 0 Å². The summed E-state index contributed by atoms with van der Waals surface area (Å²) in [5.74, 6) is 0. The third-order valence-electron chi connectivity index (χ3n) is 0.687. The first kappa shape index (κ1) is 6.37. The summed E-state index contributed by atoms with van der Waals surface area (Å²) in [6.45, 7) is 0.594. The van der Waals surface area contributed by atoms with E-state index in [4.69, 9.17) is 5.11 Å². The van der Waals surface area contributed by atoms with E-state index in [0.717, 1.165) is 0 Å². The largest absolute Gasteiger partial charge is 0.395 e. The maximum Gasteiger partial charge on any atom is 0.225 e. The van der Waals surface area contributed by atoms with E-state index in [9.17, 15) is 0 Å². The van der Waals surface area contributed by atoms with Gasteiger partial charge in [-0.05, 0) is 5.21 Å². The molecule has 0 aliphatic rings. The molecular weight excluding hydrogens is 140 g/mol. The SMILES string of the molecule is OCCNc1nnns1. The number of aromatic nitrogens is 3. The molecule has 9 heavy (non-hydrogen) atoms. The van der Waals surface area contributed by atoms with E-state index < -0.39 is 0 Å². The van der Waals surface area contributed by atoms with E-state index in [1.165, 1.54) is 11.5 Å². The molecule has 0 unspecified atom stereocenters. The molecule has 0 spiro atoms. The number of hydrogen-bond donors (Lipinski definition) is 2. The molecule has 6 heteroatoms. The van der Waals surface area contributed by atoms with Gasteiger partial charge in [0.1, 0.15) is 0 Å². The van der Waals surface area contributed by atoms with Gasteiger partial charge in [0, 0.05) is 18.1 Å². The second kappa shape index (κ2) is 3.31. The highest BCUT2D eigenvalue weighted by atomic mass is 32.1. The van der Waals surface area contributed by atoms with Crippen molar-refractivity contribution in [2.45, 2.75) is 0 Å². The minimum absolute atomic E-state index is 0.0968. The number of hydrogen-bond acceptors (Lipinski definition) is 6. The molecule has 0 saturated heterocycles. The van der Waals surface area contributed by atoms with Gasteiger partial charge in [-0.25, -0.2) is 0 Å². The van der Waals surface area contributed by atoms with Crippen LogP contribution in [0.3, 0.4) is 0 Å². The van der Waals surface area contributed by atoms with E-state index in [2.05, 4.69) is 20.1 Å². The van der Waals surface area contributed by atoms with Crippen LogP contribution in [0.4, 0.5) is 5.13 Å². The molecular formula is C3H6N4OS. The van der Waals surface area contributed by atoms with Crippen molar-refractivity contribution in [3.63, 3.8) is 0 Å². The lowest BCUT2D eigenvalue weighted by Crippen LogP contribution is -2.04. The third kappa shape index (κ3) is 1.90. The first-order chi connectivity index (χ1) is 4.43. The van der Waals surface area contributed by atoms with Crippen LogP contribution < -0.4 is 5.32 Å². The van der Waals surface area contributed by atoms with Crippen molar-refractivity contribution in [3.8, 4) is 0 Å². The van der Waals surface area contributed by atoms with Crippen LogP contribution in [0.5, 0.6) is 0 Å². The van der Waals surface area contributed by atoms with Crippen molar-refractivity contribution in [3.05, 3.63) is 0 Å². The lowest BCUT2D eigenvalue weighted by molar-refractivity contribution is 0.311. The third-order valence-corrected chi connectivity index (χ3v) is 1.24. The van der Waals surface area contributed by atoms with E-state index in [1.54, 1.807) is 0 Å². The maximum absolute atomic E-state index is 8.34. The van der Waals surface area contributed by atoms with Gasteiger partial charge >= 0.3 is 0 Å². The molecule has 0 aliphatic carbocycles. The summed E-state index contributed by atoms with van der Waals surface area (Å²) in [5, 5.41) is 18.7. The minimum atomic E-state index is 0.0968. The number of rotatable bonds is 3. The molecule has 0 aliphatic heterocycles. The van der Waals surface area contributed by atoms with Gasteiger partial charge in [0.05, 0.1) is 6.61 Å². The van der Waals surface area contributed by atoms with Crippen molar-refractivity contribution in [1.82, 2.24) is 14.8 Å². The zero-order valence-electron chi connectivity index (χ0n) is 4.61. The lowest BCUT2D eigenvalue weighted by atomic mass is 10.7. The van der Waals surface area contributed by atoms with Gasteiger partial charge < -0.3 is 10.4 Å². The maximum atomic E-state index is 8.34. The van der Waals surface area contributed by atoms with Crippen LogP contribution in [-0.2, 0) is 0 Å². The van der Waals surface area contributed by atoms with Gasteiger partial charge in [-0.2, -0.15) is 0 Å². The molecule has 0 amide bonds. The zero-order valence-corrected chi connectivity index (χ0v) is 5.43. The molecule has 0 fully saturated rings. The van der Waals surface area contributed by atoms with Gasteiger partial charge in [0.15, 0.2) is 0 Å². The number of aliphatic hydroxyl groups is 1. The van der Waals surface area contributed by atoms with Gasteiger partial charge in [0.2, 0.25) is 5.13 Å². The molecule has 1 rings (SSSR count). The molecule has 0 aromatic carbocycles. The molecule has 5 nitrogen and oxygen atoms in total. The van der Waals surface area contributed by atoms with Gasteiger partial charge in [0.25, 0.3) is 0 Å². The van der Waals surface area contributed by atoms with Crippen molar-refractivity contribution >= 4 is 16.7 Å². The van der Waals surface area contributed by atoms with E-state index in [0.29, 0.717) is 11.7 Å².